The number of rotatable bonds is 17. The smallest absolute Gasteiger partial charge is 0.302 e. The van der Waals surface area contributed by atoms with Crippen molar-refractivity contribution in [2.45, 2.75) is 153 Å². The van der Waals surface area contributed by atoms with Gasteiger partial charge in [-0.25, -0.2) is 0 Å². The summed E-state index contributed by atoms with van der Waals surface area (Å²) in [4.78, 5) is 22.6. The molecule has 0 spiro atoms. The van der Waals surface area contributed by atoms with Crippen LogP contribution in [0.4, 0.5) is 0 Å². The highest BCUT2D eigenvalue weighted by Crippen LogP contribution is 2.31. The van der Waals surface area contributed by atoms with E-state index in [4.69, 9.17) is 28.4 Å². The van der Waals surface area contributed by atoms with E-state index in [-0.39, 0.29) is 12.7 Å². The predicted molar refractivity (Wildman–Crippen MR) is 143 cm³/mol. The summed E-state index contributed by atoms with van der Waals surface area (Å²) in [6.07, 6.45) is -5.39. The zero-order chi connectivity index (χ0) is 30.5. The Labute approximate surface area is 242 Å². The lowest BCUT2D eigenvalue weighted by Gasteiger charge is -2.46. The summed E-state index contributed by atoms with van der Waals surface area (Å²) in [5.74, 6) is -1.24. The lowest BCUT2D eigenvalue weighted by atomic mass is 9.97. The van der Waals surface area contributed by atoms with Gasteiger partial charge in [-0.05, 0) is 13.3 Å². The van der Waals surface area contributed by atoms with E-state index in [0.29, 0.717) is 6.42 Å². The van der Waals surface area contributed by atoms with Gasteiger partial charge in [0.15, 0.2) is 12.6 Å². The molecule has 41 heavy (non-hydrogen) atoms. The van der Waals surface area contributed by atoms with Gasteiger partial charge in [-0.3, -0.25) is 9.59 Å². The molecule has 0 aromatic rings. The Kier molecular flexibility index (Phi) is 16.0. The molecule has 0 aromatic heterocycles. The van der Waals surface area contributed by atoms with Gasteiger partial charge >= 0.3 is 11.9 Å². The zero-order valence-electron chi connectivity index (χ0n) is 24.6. The van der Waals surface area contributed by atoms with Gasteiger partial charge in [0.2, 0.25) is 0 Å². The van der Waals surface area contributed by atoms with Crippen LogP contribution in [-0.2, 0) is 38.0 Å². The Hall–Kier alpha value is -1.42. The topological polar surface area (TPSA) is 191 Å². The van der Waals surface area contributed by atoms with Crippen molar-refractivity contribution in [1.29, 1.82) is 0 Å². The van der Waals surface area contributed by atoms with Crippen molar-refractivity contribution in [3.8, 4) is 0 Å². The fraction of sp³-hybridized carbons (Fsp3) is 0.929. The molecule has 0 saturated carbocycles. The van der Waals surface area contributed by atoms with Gasteiger partial charge in [-0.15, -0.1) is 0 Å². The molecular formula is C28H50O13. The Bertz CT molecular complexity index is 767. The second-order valence-corrected chi connectivity index (χ2v) is 11.0. The molecular weight excluding hydrogens is 544 g/mol. The van der Waals surface area contributed by atoms with Crippen LogP contribution < -0.4 is 0 Å². The summed E-state index contributed by atoms with van der Waals surface area (Å²) in [5.41, 5.74) is 0. The molecule has 13 nitrogen and oxygen atoms in total. The lowest BCUT2D eigenvalue weighted by molar-refractivity contribution is -0.371. The molecule has 0 radical (unpaired) electrons. The van der Waals surface area contributed by atoms with Gasteiger partial charge in [0.1, 0.15) is 62.0 Å². The van der Waals surface area contributed by atoms with E-state index >= 15 is 0 Å². The number of hydrogen-bond acceptors (Lipinski definition) is 13. The molecule has 13 heteroatoms. The normalized spacial score (nSPS) is 34.7. The predicted octanol–water partition coefficient (Wildman–Crippen LogP) is 0.688. The highest BCUT2D eigenvalue weighted by molar-refractivity contribution is 5.66. The Balaban J connectivity index is 2.07. The van der Waals surface area contributed by atoms with Gasteiger partial charge < -0.3 is 54.0 Å². The average Bonchev–Trinajstić information content (AvgIpc) is 2.92. The first kappa shape index (κ1) is 35.8. The molecule has 11 atom stereocenters. The number of unbranched alkanes of at least 4 members (excludes halogenated alkanes) is 7. The molecule has 2 rings (SSSR count). The molecule has 0 bridgehead atoms. The quantitative estimate of drug-likeness (QED) is 0.117. The highest BCUT2D eigenvalue weighted by Gasteiger charge is 2.51. The molecule has 2 fully saturated rings. The largest absolute Gasteiger partial charge is 0.463 e. The number of ether oxygens (including phenoxy) is 6. The molecule has 0 amide bonds. The van der Waals surface area contributed by atoms with Crippen LogP contribution in [0.25, 0.3) is 0 Å². The minimum absolute atomic E-state index is 0.343. The van der Waals surface area contributed by atoms with E-state index in [1.54, 1.807) is 0 Å². The maximum atomic E-state index is 11.3. The first-order chi connectivity index (χ1) is 19.5. The van der Waals surface area contributed by atoms with E-state index in [2.05, 4.69) is 6.92 Å². The number of hydrogen-bond donors (Lipinski definition) is 5. The third-order valence-electron chi connectivity index (χ3n) is 7.34. The molecule has 2 aliphatic heterocycles. The summed E-state index contributed by atoms with van der Waals surface area (Å²) in [6, 6.07) is 0. The summed E-state index contributed by atoms with van der Waals surface area (Å²) < 4.78 is 33.2. The summed E-state index contributed by atoms with van der Waals surface area (Å²) in [6.45, 7) is 5.61. The molecule has 240 valence electrons. The second kappa shape index (κ2) is 18.3. The molecule has 0 aromatic carbocycles. The Morgan fingerprint density at radius 3 is 1.71 bits per heavy atom. The van der Waals surface area contributed by atoms with Crippen LogP contribution >= 0.6 is 0 Å². The third-order valence-corrected chi connectivity index (χ3v) is 7.34. The fourth-order valence-electron chi connectivity index (χ4n) is 4.88. The van der Waals surface area contributed by atoms with Crippen molar-refractivity contribution in [1.82, 2.24) is 0 Å². The van der Waals surface area contributed by atoms with Crippen molar-refractivity contribution in [3.05, 3.63) is 0 Å². The first-order valence-electron chi connectivity index (χ1n) is 14.7. The van der Waals surface area contributed by atoms with Crippen LogP contribution in [0.3, 0.4) is 0 Å². The zero-order valence-corrected chi connectivity index (χ0v) is 24.6. The van der Waals surface area contributed by atoms with Crippen LogP contribution in [-0.4, -0.2) is 118 Å². The maximum absolute atomic E-state index is 11.3. The van der Waals surface area contributed by atoms with Crippen molar-refractivity contribution >= 4 is 11.9 Å². The van der Waals surface area contributed by atoms with Crippen LogP contribution in [0.5, 0.6) is 0 Å². The number of aliphatic hydroxyl groups excluding tert-OH is 5. The van der Waals surface area contributed by atoms with Crippen molar-refractivity contribution in [2.24, 2.45) is 0 Å². The summed E-state index contributed by atoms with van der Waals surface area (Å²) >= 11 is 0. The van der Waals surface area contributed by atoms with Gasteiger partial charge in [0.05, 0.1) is 6.10 Å². The molecule has 2 aliphatic rings. The maximum Gasteiger partial charge on any atom is 0.302 e. The van der Waals surface area contributed by atoms with E-state index in [0.717, 1.165) is 26.2 Å². The summed E-state index contributed by atoms with van der Waals surface area (Å²) in [7, 11) is 0. The standard InChI is InChI=1S/C28H50O13/c1-5-6-7-8-9-10-11-12-13-16(2)38-28-26(24(34)22(32)20(40-28)15-37-18(4)30)41-27-25(35)23(33)21(31)19(39-27)14-36-17(3)29/h16,19-28,31-35H,5-15H2,1-4H3/t16-,19+,20+,21+,22+,23-,24-,25+,26+,27-,28+/m0/s1. The van der Waals surface area contributed by atoms with Gasteiger partial charge in [0, 0.05) is 13.8 Å². The second-order valence-electron chi connectivity index (χ2n) is 11.0. The number of aliphatic hydroxyl groups is 5. The first-order valence-corrected chi connectivity index (χ1v) is 14.7. The molecule has 2 saturated heterocycles. The SMILES string of the molecule is CCCCCCCCCC[C@H](C)O[C@@H]1O[C@H](COC(C)=O)[C@@H](O)[C@H](O)[C@H]1O[C@@H]1O[C@H](COC(C)=O)[C@@H](O)[C@H](O)[C@H]1O. The number of carbonyl (C=O) groups is 2. The van der Waals surface area contributed by atoms with E-state index in [1.807, 2.05) is 6.92 Å². The van der Waals surface area contributed by atoms with Crippen LogP contribution in [0.2, 0.25) is 0 Å². The molecule has 5 N–H and O–H groups in total. The number of esters is 2. The minimum atomic E-state index is -1.75. The molecule has 0 aliphatic carbocycles. The lowest BCUT2D eigenvalue weighted by Crippen LogP contribution is -2.65. The van der Waals surface area contributed by atoms with E-state index in [9.17, 15) is 35.1 Å². The Morgan fingerprint density at radius 2 is 1.17 bits per heavy atom. The van der Waals surface area contributed by atoms with E-state index in [1.165, 1.54) is 39.0 Å². The van der Waals surface area contributed by atoms with Gasteiger partial charge in [0.25, 0.3) is 0 Å². The summed E-state index contributed by atoms with van der Waals surface area (Å²) in [5, 5.41) is 52.8. The average molecular weight is 595 g/mol. The Morgan fingerprint density at radius 1 is 0.683 bits per heavy atom. The fourth-order valence-corrected chi connectivity index (χ4v) is 4.88. The minimum Gasteiger partial charge on any atom is -0.463 e. The van der Waals surface area contributed by atoms with Crippen molar-refractivity contribution in [2.75, 3.05) is 13.2 Å². The third kappa shape index (κ3) is 11.6. The van der Waals surface area contributed by atoms with Crippen LogP contribution in [0.15, 0.2) is 0 Å². The van der Waals surface area contributed by atoms with E-state index < -0.39 is 80.0 Å². The van der Waals surface area contributed by atoms with Crippen LogP contribution in [0, 0.1) is 0 Å². The van der Waals surface area contributed by atoms with Gasteiger partial charge in [-0.2, -0.15) is 0 Å². The van der Waals surface area contributed by atoms with Crippen molar-refractivity contribution < 1.29 is 63.5 Å². The number of carbonyl (C=O) groups excluding carboxylic acids is 2. The molecule has 0 unspecified atom stereocenters. The monoisotopic (exact) mass is 594 g/mol. The van der Waals surface area contributed by atoms with Crippen LogP contribution in [0.1, 0.15) is 85.5 Å². The van der Waals surface area contributed by atoms with Gasteiger partial charge in [-0.1, -0.05) is 58.3 Å². The molecule has 2 heterocycles. The van der Waals surface area contributed by atoms with Crippen molar-refractivity contribution in [3.63, 3.8) is 0 Å². The highest BCUT2D eigenvalue weighted by atomic mass is 16.8.